The van der Waals surface area contributed by atoms with Gasteiger partial charge in [-0.3, -0.25) is 0 Å². The van der Waals surface area contributed by atoms with Crippen LogP contribution in [0.15, 0.2) is 48.5 Å². The second-order valence-electron chi connectivity index (χ2n) is 6.07. The topological polar surface area (TPSA) is 24.5 Å². The second kappa shape index (κ2) is 6.95. The van der Waals surface area contributed by atoms with E-state index in [4.69, 9.17) is 4.74 Å². The third-order valence-corrected chi connectivity index (χ3v) is 4.11. The molecule has 0 aromatic heterocycles. The largest absolute Gasteiger partial charge is 0.493 e. The second-order valence-corrected chi connectivity index (χ2v) is 6.07. The SMILES string of the molecule is CN(C)CCN[C@@H]1CCOc2ccc(-c3ccccc3)cc21. The van der Waals surface area contributed by atoms with E-state index in [2.05, 4.69) is 72.8 Å². The monoisotopic (exact) mass is 296 g/mol. The van der Waals surface area contributed by atoms with Crippen molar-refractivity contribution < 1.29 is 4.74 Å². The standard InChI is InChI=1S/C19H24N2O/c1-21(2)12-11-20-18-10-13-22-19-9-8-16(14-17(18)19)15-6-4-3-5-7-15/h3-9,14,18,20H,10-13H2,1-2H3/t18-/m1/s1. The molecule has 116 valence electrons. The van der Waals surface area contributed by atoms with Crippen LogP contribution in [0.3, 0.4) is 0 Å². The van der Waals surface area contributed by atoms with Gasteiger partial charge in [0.25, 0.3) is 0 Å². The molecule has 2 aromatic carbocycles. The summed E-state index contributed by atoms with van der Waals surface area (Å²) in [6.07, 6.45) is 1.03. The molecular weight excluding hydrogens is 272 g/mol. The Morgan fingerprint density at radius 3 is 2.68 bits per heavy atom. The fourth-order valence-corrected chi connectivity index (χ4v) is 2.88. The molecule has 0 bridgehead atoms. The van der Waals surface area contributed by atoms with Gasteiger partial charge < -0.3 is 15.0 Å². The lowest BCUT2D eigenvalue weighted by Gasteiger charge is -2.28. The Hall–Kier alpha value is -1.84. The zero-order chi connectivity index (χ0) is 15.4. The van der Waals surface area contributed by atoms with Crippen LogP contribution in [0, 0.1) is 0 Å². The van der Waals surface area contributed by atoms with Crippen LogP contribution in [0.5, 0.6) is 5.75 Å². The maximum absolute atomic E-state index is 5.82. The molecule has 1 atom stereocenters. The van der Waals surface area contributed by atoms with Crippen molar-refractivity contribution in [2.24, 2.45) is 0 Å². The molecule has 3 heteroatoms. The van der Waals surface area contributed by atoms with Crippen molar-refractivity contribution in [3.05, 3.63) is 54.1 Å². The summed E-state index contributed by atoms with van der Waals surface area (Å²) in [7, 11) is 4.21. The first-order valence-corrected chi connectivity index (χ1v) is 7.94. The number of nitrogens with zero attached hydrogens (tertiary/aromatic N) is 1. The quantitative estimate of drug-likeness (QED) is 0.916. The van der Waals surface area contributed by atoms with Crippen molar-refractivity contribution in [3.63, 3.8) is 0 Å². The molecule has 3 nitrogen and oxygen atoms in total. The van der Waals surface area contributed by atoms with E-state index in [-0.39, 0.29) is 0 Å². The Bertz CT molecular complexity index is 610. The molecule has 0 spiro atoms. The number of benzene rings is 2. The maximum atomic E-state index is 5.82. The van der Waals surface area contributed by atoms with Crippen LogP contribution in [0.1, 0.15) is 18.0 Å². The summed E-state index contributed by atoms with van der Waals surface area (Å²) in [6, 6.07) is 17.4. The maximum Gasteiger partial charge on any atom is 0.124 e. The minimum Gasteiger partial charge on any atom is -0.493 e. The summed E-state index contributed by atoms with van der Waals surface area (Å²) in [6.45, 7) is 2.83. The van der Waals surface area contributed by atoms with Gasteiger partial charge in [-0.15, -0.1) is 0 Å². The fourth-order valence-electron chi connectivity index (χ4n) is 2.88. The van der Waals surface area contributed by atoms with Crippen molar-refractivity contribution in [1.82, 2.24) is 10.2 Å². The first-order chi connectivity index (χ1) is 10.7. The first-order valence-electron chi connectivity index (χ1n) is 7.94. The molecular formula is C19H24N2O. The molecule has 0 fully saturated rings. The Balaban J connectivity index is 1.82. The van der Waals surface area contributed by atoms with Crippen LogP contribution in [-0.2, 0) is 0 Å². The number of rotatable bonds is 5. The summed E-state index contributed by atoms with van der Waals surface area (Å²) in [5, 5.41) is 3.67. The lowest BCUT2D eigenvalue weighted by Crippen LogP contribution is -2.32. The van der Waals surface area contributed by atoms with E-state index in [1.165, 1.54) is 16.7 Å². The molecule has 2 aromatic rings. The number of hydrogen-bond acceptors (Lipinski definition) is 3. The summed E-state index contributed by atoms with van der Waals surface area (Å²) >= 11 is 0. The fraction of sp³-hybridized carbons (Fsp3) is 0.368. The van der Waals surface area contributed by atoms with Gasteiger partial charge >= 0.3 is 0 Å². The lowest BCUT2D eigenvalue weighted by atomic mass is 9.95. The van der Waals surface area contributed by atoms with Crippen LogP contribution in [-0.4, -0.2) is 38.7 Å². The van der Waals surface area contributed by atoms with Crippen LogP contribution >= 0.6 is 0 Å². The van der Waals surface area contributed by atoms with E-state index in [0.29, 0.717) is 6.04 Å². The number of nitrogens with one attached hydrogen (secondary N) is 1. The predicted octanol–water partition coefficient (Wildman–Crippen LogP) is 3.33. The lowest BCUT2D eigenvalue weighted by molar-refractivity contribution is 0.249. The number of fused-ring (bicyclic) bond motifs is 1. The highest BCUT2D eigenvalue weighted by molar-refractivity contribution is 5.66. The Kier molecular flexibility index (Phi) is 4.76. The normalized spacial score (nSPS) is 17.1. The molecule has 0 amide bonds. The highest BCUT2D eigenvalue weighted by atomic mass is 16.5. The molecule has 0 saturated heterocycles. The Morgan fingerprint density at radius 1 is 1.09 bits per heavy atom. The molecule has 0 aliphatic carbocycles. The number of likely N-dealkylation sites (N-methyl/N-ethyl adjacent to an activating group) is 1. The van der Waals surface area contributed by atoms with Crippen molar-refractivity contribution in [3.8, 4) is 16.9 Å². The van der Waals surface area contributed by atoms with Crippen LogP contribution in [0.25, 0.3) is 11.1 Å². The highest BCUT2D eigenvalue weighted by Crippen LogP contribution is 2.35. The summed E-state index contributed by atoms with van der Waals surface area (Å²) in [5.41, 5.74) is 3.79. The van der Waals surface area contributed by atoms with E-state index in [1.54, 1.807) is 0 Å². The summed E-state index contributed by atoms with van der Waals surface area (Å²) < 4.78 is 5.82. The summed E-state index contributed by atoms with van der Waals surface area (Å²) in [4.78, 5) is 2.20. The van der Waals surface area contributed by atoms with Gasteiger partial charge in [0.05, 0.1) is 6.61 Å². The van der Waals surface area contributed by atoms with Gasteiger partial charge in [-0.05, 0) is 37.4 Å². The van der Waals surface area contributed by atoms with Crippen LogP contribution in [0.4, 0.5) is 0 Å². The van der Waals surface area contributed by atoms with E-state index in [1.807, 2.05) is 0 Å². The predicted molar refractivity (Wildman–Crippen MR) is 91.3 cm³/mol. The summed E-state index contributed by atoms with van der Waals surface area (Å²) in [5.74, 6) is 1.02. The minimum absolute atomic E-state index is 0.382. The molecule has 1 aliphatic heterocycles. The van der Waals surface area contributed by atoms with Gasteiger partial charge in [0.1, 0.15) is 5.75 Å². The number of hydrogen-bond donors (Lipinski definition) is 1. The van der Waals surface area contributed by atoms with E-state index in [0.717, 1.165) is 31.9 Å². The zero-order valence-corrected chi connectivity index (χ0v) is 13.4. The van der Waals surface area contributed by atoms with Crippen LogP contribution in [0.2, 0.25) is 0 Å². The van der Waals surface area contributed by atoms with Crippen molar-refractivity contribution in [2.75, 3.05) is 33.8 Å². The third kappa shape index (κ3) is 3.49. The van der Waals surface area contributed by atoms with E-state index in [9.17, 15) is 0 Å². The van der Waals surface area contributed by atoms with Gasteiger partial charge in [0.15, 0.2) is 0 Å². The zero-order valence-electron chi connectivity index (χ0n) is 13.4. The molecule has 1 heterocycles. The van der Waals surface area contributed by atoms with Crippen LogP contribution < -0.4 is 10.1 Å². The van der Waals surface area contributed by atoms with E-state index >= 15 is 0 Å². The highest BCUT2D eigenvalue weighted by Gasteiger charge is 2.21. The smallest absolute Gasteiger partial charge is 0.124 e. The number of ether oxygens (including phenoxy) is 1. The average Bonchev–Trinajstić information content (AvgIpc) is 2.55. The van der Waals surface area contributed by atoms with Gasteiger partial charge in [-0.25, -0.2) is 0 Å². The third-order valence-electron chi connectivity index (χ3n) is 4.11. The minimum atomic E-state index is 0.382. The van der Waals surface area contributed by atoms with Crippen molar-refractivity contribution in [1.29, 1.82) is 0 Å². The molecule has 0 saturated carbocycles. The first kappa shape index (κ1) is 15.1. The molecule has 3 rings (SSSR count). The van der Waals surface area contributed by atoms with Gasteiger partial charge in [0, 0.05) is 31.1 Å². The van der Waals surface area contributed by atoms with Gasteiger partial charge in [-0.2, -0.15) is 0 Å². The van der Waals surface area contributed by atoms with Crippen molar-refractivity contribution >= 4 is 0 Å². The average molecular weight is 296 g/mol. The molecule has 0 radical (unpaired) electrons. The molecule has 1 aliphatic rings. The Labute approximate surface area is 132 Å². The van der Waals surface area contributed by atoms with E-state index < -0.39 is 0 Å². The van der Waals surface area contributed by atoms with Crippen molar-refractivity contribution in [2.45, 2.75) is 12.5 Å². The molecule has 1 N–H and O–H groups in total. The Morgan fingerprint density at radius 2 is 1.91 bits per heavy atom. The van der Waals surface area contributed by atoms with Gasteiger partial charge in [0.2, 0.25) is 0 Å². The molecule has 0 unspecified atom stereocenters. The van der Waals surface area contributed by atoms with Gasteiger partial charge in [-0.1, -0.05) is 36.4 Å². The molecule has 22 heavy (non-hydrogen) atoms.